The van der Waals surface area contributed by atoms with Gasteiger partial charge in [0.2, 0.25) is 5.91 Å². The van der Waals surface area contributed by atoms with Crippen molar-refractivity contribution >= 4 is 23.3 Å². The van der Waals surface area contributed by atoms with Crippen LogP contribution >= 0.6 is 0 Å². The fraction of sp³-hybridized carbons (Fsp3) is 0.276. The third-order valence-corrected chi connectivity index (χ3v) is 6.36. The zero-order valence-electron chi connectivity index (χ0n) is 21.1. The highest BCUT2D eigenvalue weighted by Gasteiger charge is 2.45. The van der Waals surface area contributed by atoms with Crippen LogP contribution in [0.2, 0.25) is 0 Å². The van der Waals surface area contributed by atoms with Crippen molar-refractivity contribution in [1.29, 1.82) is 0 Å². The number of amides is 2. The van der Waals surface area contributed by atoms with E-state index in [0.717, 1.165) is 11.3 Å². The van der Waals surface area contributed by atoms with Crippen molar-refractivity contribution in [2.45, 2.75) is 33.2 Å². The second-order valence-electron chi connectivity index (χ2n) is 9.48. The van der Waals surface area contributed by atoms with Gasteiger partial charge in [0, 0.05) is 31.3 Å². The Morgan fingerprint density at radius 2 is 1.69 bits per heavy atom. The first-order valence-corrected chi connectivity index (χ1v) is 11.9. The van der Waals surface area contributed by atoms with Gasteiger partial charge in [-0.1, -0.05) is 38.1 Å². The van der Waals surface area contributed by atoms with Gasteiger partial charge in [-0.3, -0.25) is 19.3 Å². The summed E-state index contributed by atoms with van der Waals surface area (Å²) in [4.78, 5) is 42.2. The molecule has 1 N–H and O–H groups in total. The number of aliphatic hydroxyl groups is 1. The van der Waals surface area contributed by atoms with Crippen LogP contribution in [0, 0.1) is 12.8 Å². The Morgan fingerprint density at radius 1 is 1.03 bits per heavy atom. The van der Waals surface area contributed by atoms with Gasteiger partial charge in [-0.2, -0.15) is 0 Å². The van der Waals surface area contributed by atoms with Gasteiger partial charge in [-0.25, -0.2) is 0 Å². The van der Waals surface area contributed by atoms with Gasteiger partial charge in [0.25, 0.3) is 5.91 Å². The van der Waals surface area contributed by atoms with Crippen molar-refractivity contribution in [3.05, 3.63) is 88.9 Å². The summed E-state index contributed by atoms with van der Waals surface area (Å²) in [5.74, 6) is -0.576. The molecule has 2 amide bonds. The lowest BCUT2D eigenvalue weighted by atomic mass is 9.88. The molecule has 0 radical (unpaired) electrons. The van der Waals surface area contributed by atoms with E-state index in [1.54, 1.807) is 52.2 Å². The number of likely N-dealkylation sites (N-methyl/N-ethyl adjacent to an activating group) is 1. The summed E-state index contributed by atoms with van der Waals surface area (Å²) in [6.45, 7) is 5.33. The third-order valence-electron chi connectivity index (χ3n) is 6.36. The van der Waals surface area contributed by atoms with E-state index in [2.05, 4.69) is 0 Å². The minimum Gasteiger partial charge on any atom is -0.503 e. The number of benzene rings is 2. The summed E-state index contributed by atoms with van der Waals surface area (Å²) < 4.78 is 5.70. The largest absolute Gasteiger partial charge is 0.503 e. The summed E-state index contributed by atoms with van der Waals surface area (Å²) in [6.07, 6.45) is 0.0996. The molecule has 3 aromatic rings. The Balaban J connectivity index is 1.83. The maximum absolute atomic E-state index is 13.4. The number of Topliss-reactive ketones (excluding diaryl/α,β-unsaturated/α-hetero) is 1. The van der Waals surface area contributed by atoms with Crippen LogP contribution in [0.25, 0.3) is 11.3 Å². The smallest absolute Gasteiger partial charge is 0.294 e. The molecular weight excluding hydrogens is 456 g/mol. The number of rotatable bonds is 7. The first kappa shape index (κ1) is 25.0. The molecule has 1 aliphatic rings. The minimum atomic E-state index is -0.865. The Labute approximate surface area is 210 Å². The van der Waals surface area contributed by atoms with E-state index in [9.17, 15) is 19.5 Å². The predicted molar refractivity (Wildman–Crippen MR) is 137 cm³/mol. The predicted octanol–water partition coefficient (Wildman–Crippen LogP) is 5.01. The molecule has 1 aromatic heterocycles. The molecule has 0 saturated heterocycles. The summed E-state index contributed by atoms with van der Waals surface area (Å²) in [6, 6.07) is 17.3. The number of ketones is 1. The average molecular weight is 487 g/mol. The summed E-state index contributed by atoms with van der Waals surface area (Å²) in [5, 5.41) is 10.9. The van der Waals surface area contributed by atoms with E-state index in [1.807, 2.05) is 43.3 Å². The Kier molecular flexibility index (Phi) is 6.84. The number of nitrogens with zero attached hydrogens (tertiary/aromatic N) is 2. The number of carbonyl (C=O) groups is 3. The normalized spacial score (nSPS) is 15.7. The molecule has 186 valence electrons. The van der Waals surface area contributed by atoms with Crippen LogP contribution in [-0.2, 0) is 20.8 Å². The van der Waals surface area contributed by atoms with Crippen LogP contribution in [0.15, 0.2) is 76.4 Å². The molecule has 0 spiro atoms. The molecule has 7 heteroatoms. The van der Waals surface area contributed by atoms with E-state index in [0.29, 0.717) is 22.6 Å². The van der Waals surface area contributed by atoms with E-state index >= 15 is 0 Å². The molecule has 0 aliphatic carbocycles. The molecule has 2 heterocycles. The van der Waals surface area contributed by atoms with Crippen LogP contribution in [0.4, 0.5) is 5.69 Å². The maximum Gasteiger partial charge on any atom is 0.294 e. The van der Waals surface area contributed by atoms with Crippen molar-refractivity contribution in [3.63, 3.8) is 0 Å². The zero-order chi connectivity index (χ0) is 26.1. The minimum absolute atomic E-state index is 0.0467. The van der Waals surface area contributed by atoms with E-state index in [4.69, 9.17) is 4.42 Å². The molecule has 7 nitrogen and oxygen atoms in total. The molecule has 36 heavy (non-hydrogen) atoms. The summed E-state index contributed by atoms with van der Waals surface area (Å²) in [7, 11) is 3.36. The van der Waals surface area contributed by atoms with Gasteiger partial charge in [0.15, 0.2) is 11.5 Å². The van der Waals surface area contributed by atoms with E-state index in [-0.39, 0.29) is 23.7 Å². The average Bonchev–Trinajstić information content (AvgIpc) is 3.40. The van der Waals surface area contributed by atoms with E-state index < -0.39 is 23.6 Å². The van der Waals surface area contributed by atoms with Crippen molar-refractivity contribution in [2.75, 3.05) is 19.0 Å². The fourth-order valence-electron chi connectivity index (χ4n) is 4.39. The zero-order valence-corrected chi connectivity index (χ0v) is 21.1. The lowest BCUT2D eigenvalue weighted by Gasteiger charge is -2.29. The van der Waals surface area contributed by atoms with Crippen LogP contribution in [0.3, 0.4) is 0 Å². The molecule has 0 saturated carbocycles. The van der Waals surface area contributed by atoms with Gasteiger partial charge in [0.05, 0.1) is 18.0 Å². The summed E-state index contributed by atoms with van der Waals surface area (Å²) in [5.41, 5.74) is 2.71. The highest BCUT2D eigenvalue weighted by molar-refractivity contribution is 6.17. The number of hydrogen-bond donors (Lipinski definition) is 1. The maximum atomic E-state index is 13.4. The number of furan rings is 1. The Bertz CT molecular complexity index is 1350. The van der Waals surface area contributed by atoms with Gasteiger partial charge >= 0.3 is 0 Å². The van der Waals surface area contributed by atoms with Gasteiger partial charge in [-0.15, -0.1) is 0 Å². The number of carbonyl (C=O) groups excluding carboxylic acids is 3. The number of aliphatic hydroxyl groups excluding tert-OH is 1. The third kappa shape index (κ3) is 4.56. The van der Waals surface area contributed by atoms with Gasteiger partial charge < -0.3 is 14.4 Å². The SMILES string of the molecule is Cc1ccc(-c2ccc(N3C(=O)C(O)=C(C(=O)C(C)C)C3c3ccccc3CC(=O)N(C)C)cc2)o1. The van der Waals surface area contributed by atoms with Crippen molar-refractivity contribution < 1.29 is 23.9 Å². The van der Waals surface area contributed by atoms with Crippen LogP contribution < -0.4 is 4.90 Å². The quantitative estimate of drug-likeness (QED) is 0.507. The van der Waals surface area contributed by atoms with Crippen LogP contribution in [0.5, 0.6) is 0 Å². The molecule has 1 unspecified atom stereocenters. The number of hydrogen-bond acceptors (Lipinski definition) is 5. The number of anilines is 1. The Morgan fingerprint density at radius 3 is 2.28 bits per heavy atom. The van der Waals surface area contributed by atoms with Crippen molar-refractivity contribution in [3.8, 4) is 11.3 Å². The molecule has 0 fully saturated rings. The van der Waals surface area contributed by atoms with Gasteiger partial charge in [-0.05, 0) is 54.4 Å². The second-order valence-corrected chi connectivity index (χ2v) is 9.48. The second kappa shape index (κ2) is 9.85. The Hall–Kier alpha value is -4.13. The molecule has 1 aliphatic heterocycles. The molecule has 0 bridgehead atoms. The monoisotopic (exact) mass is 486 g/mol. The molecule has 2 aromatic carbocycles. The highest BCUT2D eigenvalue weighted by atomic mass is 16.3. The highest BCUT2D eigenvalue weighted by Crippen LogP contribution is 2.43. The van der Waals surface area contributed by atoms with Crippen molar-refractivity contribution in [2.24, 2.45) is 5.92 Å². The number of aryl methyl sites for hydroxylation is 1. The first-order chi connectivity index (χ1) is 17.1. The molecule has 4 rings (SSSR count). The topological polar surface area (TPSA) is 91.1 Å². The lowest BCUT2D eigenvalue weighted by Crippen LogP contribution is -2.32. The first-order valence-electron chi connectivity index (χ1n) is 11.9. The molecular formula is C29H30N2O5. The van der Waals surface area contributed by atoms with Crippen LogP contribution in [0.1, 0.15) is 36.8 Å². The van der Waals surface area contributed by atoms with Crippen LogP contribution in [-0.4, -0.2) is 41.7 Å². The fourth-order valence-corrected chi connectivity index (χ4v) is 4.39. The van der Waals surface area contributed by atoms with Gasteiger partial charge in [0.1, 0.15) is 11.5 Å². The summed E-state index contributed by atoms with van der Waals surface area (Å²) >= 11 is 0. The lowest BCUT2D eigenvalue weighted by molar-refractivity contribution is -0.128. The van der Waals surface area contributed by atoms with Crippen molar-refractivity contribution in [1.82, 2.24) is 4.90 Å². The van der Waals surface area contributed by atoms with E-state index in [1.165, 1.54) is 9.80 Å². The molecule has 1 atom stereocenters. The standard InChI is InChI=1S/C29H30N2O5/c1-17(2)27(33)25-26(22-9-7-6-8-20(22)16-24(32)30(4)5)31(29(35)28(25)34)21-13-11-19(12-14-21)23-15-10-18(3)36-23/h6-15,17,26,34H,16H2,1-5H3.